The molecule has 0 atom stereocenters. The fourth-order valence-electron chi connectivity index (χ4n) is 1.93. The molecule has 4 nitrogen and oxygen atoms in total. The van der Waals surface area contributed by atoms with Crippen LogP contribution in [0.2, 0.25) is 0 Å². The summed E-state index contributed by atoms with van der Waals surface area (Å²) < 4.78 is 12.0. The van der Waals surface area contributed by atoms with Crippen LogP contribution in [-0.2, 0) is 24.7 Å². The summed E-state index contributed by atoms with van der Waals surface area (Å²) in [7, 11) is 0. The van der Waals surface area contributed by atoms with Gasteiger partial charge in [0.15, 0.2) is 0 Å². The average Bonchev–Trinajstić information content (AvgIpc) is 2.52. The second-order valence-corrected chi connectivity index (χ2v) is 10.8. The van der Waals surface area contributed by atoms with Gasteiger partial charge in [-0.3, -0.25) is 0 Å². The summed E-state index contributed by atoms with van der Waals surface area (Å²) in [5.41, 5.74) is 2.27. The van der Waals surface area contributed by atoms with Gasteiger partial charge in [-0.05, 0) is 0 Å². The standard InChI is InChI=1S/C12H14O4Te/c1-9(13)15-17(16-10(2)14)7-11-5-3-4-6-12(11)8-17/h3-6H,7-8H2,1-2H3. The molecule has 0 saturated heterocycles. The molecule has 0 saturated carbocycles. The third-order valence-corrected chi connectivity index (χ3v) is 9.77. The molecule has 0 N–H and O–H groups in total. The second-order valence-electron chi connectivity index (χ2n) is 3.95. The molecule has 1 aliphatic rings. The molecule has 0 bridgehead atoms. The number of hydrogen-bond acceptors (Lipinski definition) is 4. The zero-order chi connectivity index (χ0) is 12.5. The molecule has 1 heterocycles. The zero-order valence-electron chi connectivity index (χ0n) is 9.76. The molecule has 0 amide bonds. The van der Waals surface area contributed by atoms with Crippen molar-refractivity contribution < 1.29 is 15.8 Å². The first kappa shape index (κ1) is 12.4. The molecule has 0 fully saturated rings. The molecule has 0 aromatic heterocycles. The van der Waals surface area contributed by atoms with Gasteiger partial charge in [0.1, 0.15) is 0 Å². The van der Waals surface area contributed by atoms with Crippen molar-refractivity contribution in [1.82, 2.24) is 0 Å². The van der Waals surface area contributed by atoms with E-state index in [1.54, 1.807) is 0 Å². The molecule has 1 aromatic rings. The summed E-state index contributed by atoms with van der Waals surface area (Å²) >= 11 is -3.36. The van der Waals surface area contributed by atoms with E-state index in [-0.39, 0.29) is 11.9 Å². The predicted molar refractivity (Wildman–Crippen MR) is 63.1 cm³/mol. The molecular weight excluding hydrogens is 336 g/mol. The Hall–Kier alpha value is -1.05. The quantitative estimate of drug-likeness (QED) is 0.758. The monoisotopic (exact) mass is 352 g/mol. The Labute approximate surface area is 105 Å². The van der Waals surface area contributed by atoms with Crippen molar-refractivity contribution >= 4 is 30.9 Å². The van der Waals surface area contributed by atoms with Gasteiger partial charge in [0.25, 0.3) is 0 Å². The van der Waals surface area contributed by atoms with E-state index in [9.17, 15) is 9.59 Å². The van der Waals surface area contributed by atoms with E-state index >= 15 is 0 Å². The van der Waals surface area contributed by atoms with Crippen LogP contribution in [0, 0.1) is 0 Å². The van der Waals surface area contributed by atoms with Gasteiger partial charge in [-0.15, -0.1) is 0 Å². The maximum atomic E-state index is 11.2. The first-order chi connectivity index (χ1) is 8.01. The van der Waals surface area contributed by atoms with Crippen LogP contribution < -0.4 is 0 Å². The number of benzene rings is 1. The van der Waals surface area contributed by atoms with Crippen molar-refractivity contribution in [1.29, 1.82) is 0 Å². The molecule has 2 rings (SSSR count). The normalized spacial score (nSPS) is 18.0. The van der Waals surface area contributed by atoms with Crippen molar-refractivity contribution in [2.45, 2.75) is 22.8 Å². The van der Waals surface area contributed by atoms with Crippen LogP contribution in [0.1, 0.15) is 25.0 Å². The first-order valence-electron chi connectivity index (χ1n) is 5.26. The van der Waals surface area contributed by atoms with Gasteiger partial charge in [0.05, 0.1) is 0 Å². The third-order valence-electron chi connectivity index (χ3n) is 2.41. The molecule has 92 valence electrons. The summed E-state index contributed by atoms with van der Waals surface area (Å²) in [6, 6.07) is 7.88. The van der Waals surface area contributed by atoms with Crippen molar-refractivity contribution in [3.63, 3.8) is 0 Å². The number of hydrogen-bond donors (Lipinski definition) is 0. The molecule has 1 aliphatic heterocycles. The number of carbonyl (C=O) groups excluding carboxylic acids is 2. The molecule has 17 heavy (non-hydrogen) atoms. The molecule has 0 spiro atoms. The van der Waals surface area contributed by atoms with E-state index in [1.165, 1.54) is 13.8 Å². The Bertz CT molecular complexity index is 426. The first-order valence-corrected chi connectivity index (χ1v) is 10.5. The van der Waals surface area contributed by atoms with Crippen LogP contribution in [-0.4, -0.2) is 30.9 Å². The molecule has 1 aromatic carbocycles. The summed E-state index contributed by atoms with van der Waals surface area (Å²) in [4.78, 5) is 22.3. The predicted octanol–water partition coefficient (Wildman–Crippen LogP) is 1.43. The fourth-order valence-corrected chi connectivity index (χ4v) is 9.74. The Kier molecular flexibility index (Phi) is 3.41. The van der Waals surface area contributed by atoms with E-state index in [1.807, 2.05) is 24.3 Å². The van der Waals surface area contributed by atoms with Crippen molar-refractivity contribution in [2.24, 2.45) is 0 Å². The topological polar surface area (TPSA) is 52.6 Å². The molecule has 0 unspecified atom stereocenters. The minimum atomic E-state index is -3.36. The van der Waals surface area contributed by atoms with Gasteiger partial charge in [-0.2, -0.15) is 0 Å². The van der Waals surface area contributed by atoms with Crippen LogP contribution in [0.3, 0.4) is 0 Å². The Morgan fingerprint density at radius 2 is 1.41 bits per heavy atom. The summed E-state index contributed by atoms with van der Waals surface area (Å²) in [5, 5.41) is 0. The van der Waals surface area contributed by atoms with Crippen LogP contribution in [0.4, 0.5) is 0 Å². The van der Waals surface area contributed by atoms with E-state index < -0.39 is 19.0 Å². The SMILES string of the molecule is CC(=O)O[Te]1(OC(C)=O)Cc2ccccc2C1. The van der Waals surface area contributed by atoms with Gasteiger partial charge >= 0.3 is 105 Å². The Balaban J connectivity index is 2.27. The van der Waals surface area contributed by atoms with Crippen molar-refractivity contribution in [3.05, 3.63) is 35.4 Å². The van der Waals surface area contributed by atoms with Crippen molar-refractivity contribution in [3.8, 4) is 0 Å². The van der Waals surface area contributed by atoms with E-state index in [2.05, 4.69) is 0 Å². The van der Waals surface area contributed by atoms with E-state index in [4.69, 9.17) is 6.20 Å². The number of fused-ring (bicyclic) bond motifs is 1. The van der Waals surface area contributed by atoms with Crippen LogP contribution >= 0.6 is 0 Å². The molecule has 0 aliphatic carbocycles. The minimum absolute atomic E-state index is 0.361. The van der Waals surface area contributed by atoms with Gasteiger partial charge in [-0.1, -0.05) is 0 Å². The fraction of sp³-hybridized carbons (Fsp3) is 0.333. The zero-order valence-corrected chi connectivity index (χ0v) is 12.1. The van der Waals surface area contributed by atoms with Crippen LogP contribution in [0.25, 0.3) is 0 Å². The van der Waals surface area contributed by atoms with E-state index in [0.29, 0.717) is 8.94 Å². The molecule has 0 radical (unpaired) electrons. The van der Waals surface area contributed by atoms with Gasteiger partial charge in [-0.25, -0.2) is 0 Å². The van der Waals surface area contributed by atoms with Gasteiger partial charge in [0.2, 0.25) is 0 Å². The summed E-state index contributed by atoms with van der Waals surface area (Å²) in [6.45, 7) is 2.72. The average molecular weight is 350 g/mol. The Morgan fingerprint density at radius 1 is 1.00 bits per heavy atom. The van der Waals surface area contributed by atoms with Crippen LogP contribution in [0.15, 0.2) is 24.3 Å². The third kappa shape index (κ3) is 2.79. The van der Waals surface area contributed by atoms with Gasteiger partial charge in [0, 0.05) is 0 Å². The summed E-state index contributed by atoms with van der Waals surface area (Å²) in [5.74, 6) is -0.722. The molecule has 5 heteroatoms. The maximum absolute atomic E-state index is 11.2. The molecular formula is C12H14O4Te. The van der Waals surface area contributed by atoms with E-state index in [0.717, 1.165) is 11.1 Å². The summed E-state index contributed by atoms with van der Waals surface area (Å²) in [6.07, 6.45) is 0. The second kappa shape index (κ2) is 4.67. The van der Waals surface area contributed by atoms with Crippen LogP contribution in [0.5, 0.6) is 0 Å². The number of rotatable bonds is 2. The van der Waals surface area contributed by atoms with Gasteiger partial charge < -0.3 is 0 Å². The number of carbonyl (C=O) groups is 2. The van der Waals surface area contributed by atoms with Crippen molar-refractivity contribution in [2.75, 3.05) is 0 Å². The Morgan fingerprint density at radius 3 is 1.76 bits per heavy atom.